The Morgan fingerprint density at radius 1 is 1.09 bits per heavy atom. The molecule has 0 aliphatic carbocycles. The number of anilines is 1. The summed E-state index contributed by atoms with van der Waals surface area (Å²) in [5.41, 5.74) is -1.37. The number of fused-ring (bicyclic) bond motifs is 1. The molecule has 34 heavy (non-hydrogen) atoms. The zero-order valence-corrected chi connectivity index (χ0v) is 19.4. The third kappa shape index (κ3) is 4.38. The number of alkyl halides is 3. The first-order chi connectivity index (χ1) is 16.0. The van der Waals surface area contributed by atoms with Crippen molar-refractivity contribution in [2.45, 2.75) is 26.6 Å². The Kier molecular flexibility index (Phi) is 6.13. The van der Waals surface area contributed by atoms with Crippen LogP contribution in [-0.4, -0.2) is 15.0 Å². The van der Waals surface area contributed by atoms with Crippen LogP contribution in [0.3, 0.4) is 0 Å². The fourth-order valence-electron chi connectivity index (χ4n) is 3.56. The van der Waals surface area contributed by atoms with Gasteiger partial charge in [0.25, 0.3) is 5.56 Å². The number of halogens is 4. The summed E-state index contributed by atoms with van der Waals surface area (Å²) in [4.78, 5) is 40.5. The van der Waals surface area contributed by atoms with Gasteiger partial charge < -0.3 is 5.32 Å². The molecule has 0 fully saturated rings. The van der Waals surface area contributed by atoms with E-state index in [-0.39, 0.29) is 16.8 Å². The normalized spacial score (nSPS) is 11.7. The number of nitrogens with zero attached hydrogens (tertiary/aromatic N) is 2. The standard InChI is InChI=1S/C23H17ClF3N3O3S/c1-12-13(2)34-21-19(12)20(32)30(17-8-4-6-15(24)10-17)22(33)29(21)11-18(31)28-16-7-3-5-14(9-16)23(25,26)27/h3-10H,11H2,1-2H3,(H,28,31). The fraction of sp³-hybridized carbons (Fsp3) is 0.174. The third-order valence-corrected chi connectivity index (χ3v) is 6.76. The predicted octanol–water partition coefficient (Wildman–Crippen LogP) is 5.14. The highest BCUT2D eigenvalue weighted by atomic mass is 35.5. The molecule has 0 spiro atoms. The summed E-state index contributed by atoms with van der Waals surface area (Å²) in [6.45, 7) is 3.03. The summed E-state index contributed by atoms with van der Waals surface area (Å²) < 4.78 is 41.1. The molecule has 0 atom stereocenters. The molecule has 0 radical (unpaired) electrons. The van der Waals surface area contributed by atoms with Crippen molar-refractivity contribution >= 4 is 44.7 Å². The van der Waals surface area contributed by atoms with Crippen LogP contribution in [0.25, 0.3) is 15.9 Å². The van der Waals surface area contributed by atoms with Gasteiger partial charge in [-0.2, -0.15) is 13.2 Å². The summed E-state index contributed by atoms with van der Waals surface area (Å²) in [6, 6.07) is 10.4. The van der Waals surface area contributed by atoms with Gasteiger partial charge in [0, 0.05) is 15.6 Å². The first-order valence-electron chi connectivity index (χ1n) is 9.96. The van der Waals surface area contributed by atoms with Gasteiger partial charge in [-0.15, -0.1) is 11.3 Å². The van der Waals surface area contributed by atoms with Crippen molar-refractivity contribution in [3.63, 3.8) is 0 Å². The van der Waals surface area contributed by atoms with Crippen LogP contribution < -0.4 is 16.6 Å². The van der Waals surface area contributed by atoms with Gasteiger partial charge in [0.05, 0.1) is 16.6 Å². The Morgan fingerprint density at radius 2 is 1.79 bits per heavy atom. The zero-order valence-electron chi connectivity index (χ0n) is 17.9. The molecule has 0 saturated carbocycles. The number of thiophene rings is 1. The quantitative estimate of drug-likeness (QED) is 0.415. The SMILES string of the molecule is Cc1sc2c(c1C)c(=O)n(-c1cccc(Cl)c1)c(=O)n2CC(=O)Nc1cccc(C(F)(F)F)c1. The highest BCUT2D eigenvalue weighted by molar-refractivity contribution is 7.18. The molecule has 4 aromatic rings. The van der Waals surface area contributed by atoms with Gasteiger partial charge >= 0.3 is 11.9 Å². The summed E-state index contributed by atoms with van der Waals surface area (Å²) in [5.74, 6) is -0.720. The lowest BCUT2D eigenvalue weighted by Gasteiger charge is -2.13. The molecule has 0 unspecified atom stereocenters. The van der Waals surface area contributed by atoms with Gasteiger partial charge in [0.15, 0.2) is 0 Å². The van der Waals surface area contributed by atoms with E-state index in [1.165, 1.54) is 29.5 Å². The second kappa shape index (κ2) is 8.77. The van der Waals surface area contributed by atoms with E-state index in [9.17, 15) is 27.6 Å². The van der Waals surface area contributed by atoms with Gasteiger partial charge in [0.2, 0.25) is 5.91 Å². The molecular weight excluding hydrogens is 491 g/mol. The maximum absolute atomic E-state index is 13.4. The Hall–Kier alpha value is -3.37. The Morgan fingerprint density at radius 3 is 2.47 bits per heavy atom. The van der Waals surface area contributed by atoms with E-state index in [0.717, 1.165) is 26.1 Å². The Balaban J connectivity index is 1.81. The molecule has 0 bridgehead atoms. The predicted molar refractivity (Wildman–Crippen MR) is 126 cm³/mol. The van der Waals surface area contributed by atoms with Crippen LogP contribution in [-0.2, 0) is 17.5 Å². The lowest BCUT2D eigenvalue weighted by atomic mass is 10.2. The van der Waals surface area contributed by atoms with E-state index in [0.29, 0.717) is 15.4 Å². The minimum absolute atomic E-state index is 0.0641. The Labute approximate surface area is 199 Å². The maximum Gasteiger partial charge on any atom is 0.416 e. The summed E-state index contributed by atoms with van der Waals surface area (Å²) in [7, 11) is 0. The number of nitrogens with one attached hydrogen (secondary N) is 1. The lowest BCUT2D eigenvalue weighted by Crippen LogP contribution is -2.40. The molecule has 4 rings (SSSR count). The molecule has 0 aliphatic rings. The fourth-order valence-corrected chi connectivity index (χ4v) is 4.88. The largest absolute Gasteiger partial charge is 0.416 e. The van der Waals surface area contributed by atoms with Gasteiger partial charge in [-0.25, -0.2) is 9.36 Å². The van der Waals surface area contributed by atoms with E-state index in [2.05, 4.69) is 5.32 Å². The van der Waals surface area contributed by atoms with E-state index in [4.69, 9.17) is 11.6 Å². The average Bonchev–Trinajstić information content (AvgIpc) is 3.05. The highest BCUT2D eigenvalue weighted by Gasteiger charge is 2.30. The molecule has 2 aromatic carbocycles. The van der Waals surface area contributed by atoms with Gasteiger partial charge in [-0.3, -0.25) is 14.2 Å². The van der Waals surface area contributed by atoms with Crippen molar-refractivity contribution in [2.75, 3.05) is 5.32 Å². The number of benzene rings is 2. The van der Waals surface area contributed by atoms with Crippen molar-refractivity contribution in [1.82, 2.24) is 9.13 Å². The summed E-state index contributed by atoms with van der Waals surface area (Å²) >= 11 is 7.24. The van der Waals surface area contributed by atoms with Gasteiger partial charge in [0.1, 0.15) is 11.4 Å². The smallest absolute Gasteiger partial charge is 0.325 e. The monoisotopic (exact) mass is 507 g/mol. The first-order valence-corrected chi connectivity index (χ1v) is 11.2. The minimum Gasteiger partial charge on any atom is -0.325 e. The second-order valence-corrected chi connectivity index (χ2v) is 9.22. The zero-order chi connectivity index (χ0) is 24.8. The number of hydrogen-bond donors (Lipinski definition) is 1. The highest BCUT2D eigenvalue weighted by Crippen LogP contribution is 2.31. The molecule has 2 aromatic heterocycles. The number of aromatic nitrogens is 2. The third-order valence-electron chi connectivity index (χ3n) is 5.29. The van der Waals surface area contributed by atoms with Gasteiger partial charge in [-0.05, 0) is 55.8 Å². The van der Waals surface area contributed by atoms with Crippen molar-refractivity contribution in [3.05, 3.63) is 90.4 Å². The van der Waals surface area contributed by atoms with Crippen molar-refractivity contribution in [3.8, 4) is 5.69 Å². The first kappa shape index (κ1) is 23.8. The van der Waals surface area contributed by atoms with E-state index in [1.807, 2.05) is 0 Å². The van der Waals surface area contributed by atoms with Gasteiger partial charge in [-0.1, -0.05) is 23.7 Å². The van der Waals surface area contributed by atoms with Crippen LogP contribution in [0.5, 0.6) is 0 Å². The van der Waals surface area contributed by atoms with Crippen molar-refractivity contribution < 1.29 is 18.0 Å². The molecule has 2 heterocycles. The number of carbonyl (C=O) groups excluding carboxylic acids is 1. The van der Waals surface area contributed by atoms with Crippen LogP contribution in [0.4, 0.5) is 18.9 Å². The molecule has 0 aliphatic heterocycles. The van der Waals surface area contributed by atoms with E-state index >= 15 is 0 Å². The Bertz CT molecular complexity index is 1550. The van der Waals surface area contributed by atoms with E-state index < -0.39 is 35.4 Å². The van der Waals surface area contributed by atoms with E-state index in [1.54, 1.807) is 32.0 Å². The molecule has 1 N–H and O–H groups in total. The minimum atomic E-state index is -4.57. The maximum atomic E-state index is 13.4. The molecular formula is C23H17ClF3N3O3S. The average molecular weight is 508 g/mol. The van der Waals surface area contributed by atoms with Crippen LogP contribution in [0, 0.1) is 13.8 Å². The molecule has 11 heteroatoms. The van der Waals surface area contributed by atoms with Crippen LogP contribution in [0.2, 0.25) is 5.02 Å². The topological polar surface area (TPSA) is 73.1 Å². The number of amides is 1. The molecule has 1 amide bonds. The number of carbonyl (C=O) groups is 1. The molecule has 176 valence electrons. The molecule has 0 saturated heterocycles. The van der Waals surface area contributed by atoms with Crippen LogP contribution in [0.15, 0.2) is 58.1 Å². The molecule has 6 nitrogen and oxygen atoms in total. The van der Waals surface area contributed by atoms with Crippen molar-refractivity contribution in [1.29, 1.82) is 0 Å². The second-order valence-electron chi connectivity index (χ2n) is 7.58. The number of aryl methyl sites for hydroxylation is 2. The summed E-state index contributed by atoms with van der Waals surface area (Å²) in [5, 5.41) is 3.00. The lowest BCUT2D eigenvalue weighted by molar-refractivity contribution is -0.137. The van der Waals surface area contributed by atoms with Crippen molar-refractivity contribution in [2.24, 2.45) is 0 Å². The van der Waals surface area contributed by atoms with Crippen LogP contribution in [0.1, 0.15) is 16.0 Å². The summed E-state index contributed by atoms with van der Waals surface area (Å²) in [6.07, 6.45) is -4.57. The number of hydrogen-bond acceptors (Lipinski definition) is 4. The van der Waals surface area contributed by atoms with Crippen LogP contribution >= 0.6 is 22.9 Å². The number of rotatable bonds is 4.